The summed E-state index contributed by atoms with van der Waals surface area (Å²) < 4.78 is 4.95. The summed E-state index contributed by atoms with van der Waals surface area (Å²) in [6.45, 7) is 6.17. The van der Waals surface area contributed by atoms with Gasteiger partial charge in [-0.3, -0.25) is 9.69 Å². The Bertz CT molecular complexity index is 366. The maximum absolute atomic E-state index is 12.1. The highest BCUT2D eigenvalue weighted by molar-refractivity contribution is 5.93. The molecule has 5 nitrogen and oxygen atoms in total. The molecule has 5 heteroatoms. The van der Waals surface area contributed by atoms with Gasteiger partial charge in [-0.2, -0.15) is 0 Å². The molecule has 1 aromatic rings. The minimum Gasteiger partial charge on any atom is -0.472 e. The number of carbonyl (C=O) groups excluding carboxylic acids is 1. The SMILES string of the molecule is CCC(CN)N1CCN(C(=O)c2ccoc2)CC1. The first-order chi connectivity index (χ1) is 8.76. The fraction of sp³-hybridized carbons (Fsp3) is 0.615. The molecular weight excluding hydrogens is 230 g/mol. The Morgan fingerprint density at radius 2 is 2.17 bits per heavy atom. The third kappa shape index (κ3) is 2.73. The molecule has 0 spiro atoms. The van der Waals surface area contributed by atoms with Crippen molar-refractivity contribution in [2.24, 2.45) is 5.73 Å². The molecule has 1 aliphatic heterocycles. The maximum atomic E-state index is 12.1. The molecule has 0 aromatic carbocycles. The van der Waals surface area contributed by atoms with Gasteiger partial charge in [-0.05, 0) is 12.5 Å². The van der Waals surface area contributed by atoms with Crippen molar-refractivity contribution in [3.8, 4) is 0 Å². The first kappa shape index (κ1) is 13.1. The third-order valence-corrected chi connectivity index (χ3v) is 3.63. The minimum atomic E-state index is 0.0594. The van der Waals surface area contributed by atoms with Crippen molar-refractivity contribution in [3.63, 3.8) is 0 Å². The van der Waals surface area contributed by atoms with Crippen LogP contribution in [0.1, 0.15) is 23.7 Å². The highest BCUT2D eigenvalue weighted by Crippen LogP contribution is 2.12. The number of hydrogen-bond acceptors (Lipinski definition) is 4. The first-order valence-corrected chi connectivity index (χ1v) is 6.51. The predicted molar refractivity (Wildman–Crippen MR) is 69.3 cm³/mol. The van der Waals surface area contributed by atoms with Crippen molar-refractivity contribution in [3.05, 3.63) is 24.2 Å². The molecule has 100 valence electrons. The summed E-state index contributed by atoms with van der Waals surface area (Å²) in [5.74, 6) is 0.0594. The normalized spacial score (nSPS) is 18.9. The zero-order valence-electron chi connectivity index (χ0n) is 10.8. The average Bonchev–Trinajstić information content (AvgIpc) is 2.94. The number of piperazine rings is 1. The average molecular weight is 251 g/mol. The monoisotopic (exact) mass is 251 g/mol. The predicted octanol–water partition coefficient (Wildman–Crippen LogP) is 0.775. The van der Waals surface area contributed by atoms with Gasteiger partial charge in [0, 0.05) is 38.8 Å². The van der Waals surface area contributed by atoms with E-state index < -0.39 is 0 Å². The topological polar surface area (TPSA) is 62.7 Å². The van der Waals surface area contributed by atoms with E-state index in [9.17, 15) is 4.79 Å². The van der Waals surface area contributed by atoms with Gasteiger partial charge >= 0.3 is 0 Å². The van der Waals surface area contributed by atoms with Gasteiger partial charge in [-0.1, -0.05) is 6.92 Å². The van der Waals surface area contributed by atoms with Crippen LogP contribution in [-0.2, 0) is 0 Å². The van der Waals surface area contributed by atoms with Crippen molar-refractivity contribution in [2.45, 2.75) is 19.4 Å². The number of nitrogens with zero attached hydrogens (tertiary/aromatic N) is 2. The van der Waals surface area contributed by atoms with Crippen LogP contribution in [-0.4, -0.2) is 54.5 Å². The minimum absolute atomic E-state index is 0.0594. The van der Waals surface area contributed by atoms with E-state index >= 15 is 0 Å². The molecule has 0 bridgehead atoms. The lowest BCUT2D eigenvalue weighted by atomic mass is 10.1. The molecule has 1 amide bonds. The van der Waals surface area contributed by atoms with E-state index in [1.807, 2.05) is 4.90 Å². The van der Waals surface area contributed by atoms with Gasteiger partial charge in [0.2, 0.25) is 0 Å². The van der Waals surface area contributed by atoms with E-state index in [0.29, 0.717) is 18.2 Å². The molecule has 1 fully saturated rings. The van der Waals surface area contributed by atoms with Crippen molar-refractivity contribution in [2.75, 3.05) is 32.7 Å². The Morgan fingerprint density at radius 1 is 1.44 bits per heavy atom. The van der Waals surface area contributed by atoms with Crippen molar-refractivity contribution >= 4 is 5.91 Å². The van der Waals surface area contributed by atoms with Crippen LogP contribution in [0.15, 0.2) is 23.0 Å². The van der Waals surface area contributed by atoms with E-state index in [-0.39, 0.29) is 5.91 Å². The number of rotatable bonds is 4. The Labute approximate surface area is 108 Å². The van der Waals surface area contributed by atoms with Crippen LogP contribution in [0.3, 0.4) is 0 Å². The highest BCUT2D eigenvalue weighted by atomic mass is 16.3. The van der Waals surface area contributed by atoms with E-state index in [1.54, 1.807) is 6.07 Å². The number of furan rings is 1. The molecular formula is C13H21N3O2. The first-order valence-electron chi connectivity index (χ1n) is 6.51. The smallest absolute Gasteiger partial charge is 0.257 e. The molecule has 2 N–H and O–H groups in total. The second kappa shape index (κ2) is 6.02. The molecule has 2 heterocycles. The summed E-state index contributed by atoms with van der Waals surface area (Å²) in [7, 11) is 0. The molecule has 1 unspecified atom stereocenters. The van der Waals surface area contributed by atoms with Gasteiger partial charge in [-0.25, -0.2) is 0 Å². The van der Waals surface area contributed by atoms with Crippen LogP contribution in [0.4, 0.5) is 0 Å². The van der Waals surface area contributed by atoms with Gasteiger partial charge in [0.05, 0.1) is 11.8 Å². The van der Waals surface area contributed by atoms with Crippen molar-refractivity contribution in [1.82, 2.24) is 9.80 Å². The van der Waals surface area contributed by atoms with E-state index in [1.165, 1.54) is 12.5 Å². The summed E-state index contributed by atoms with van der Waals surface area (Å²) in [5, 5.41) is 0. The molecule has 0 radical (unpaired) electrons. The van der Waals surface area contributed by atoms with Crippen LogP contribution in [0.2, 0.25) is 0 Å². The molecule has 1 saturated heterocycles. The summed E-state index contributed by atoms with van der Waals surface area (Å²) in [6.07, 6.45) is 4.10. The second-order valence-corrected chi connectivity index (χ2v) is 4.64. The molecule has 2 rings (SSSR count). The highest BCUT2D eigenvalue weighted by Gasteiger charge is 2.25. The number of carbonyl (C=O) groups is 1. The van der Waals surface area contributed by atoms with Crippen LogP contribution < -0.4 is 5.73 Å². The quantitative estimate of drug-likeness (QED) is 0.858. The van der Waals surface area contributed by atoms with E-state index in [4.69, 9.17) is 10.2 Å². The standard InChI is InChI=1S/C13H21N3O2/c1-2-12(9-14)15-4-6-16(7-5-15)13(17)11-3-8-18-10-11/h3,8,10,12H,2,4-7,9,14H2,1H3. The van der Waals surface area contributed by atoms with Gasteiger partial charge in [0.15, 0.2) is 0 Å². The lowest BCUT2D eigenvalue weighted by Gasteiger charge is -2.38. The molecule has 0 saturated carbocycles. The van der Waals surface area contributed by atoms with E-state index in [2.05, 4.69) is 11.8 Å². The molecule has 1 aliphatic rings. The Hall–Kier alpha value is -1.33. The number of nitrogens with two attached hydrogens (primary N) is 1. The van der Waals surface area contributed by atoms with Crippen LogP contribution in [0, 0.1) is 0 Å². The van der Waals surface area contributed by atoms with Crippen LogP contribution >= 0.6 is 0 Å². The van der Waals surface area contributed by atoms with Crippen molar-refractivity contribution < 1.29 is 9.21 Å². The fourth-order valence-corrected chi connectivity index (χ4v) is 2.43. The lowest BCUT2D eigenvalue weighted by Crippen LogP contribution is -2.53. The zero-order valence-corrected chi connectivity index (χ0v) is 10.8. The molecule has 1 aromatic heterocycles. The zero-order chi connectivity index (χ0) is 13.0. The summed E-state index contributed by atoms with van der Waals surface area (Å²) >= 11 is 0. The van der Waals surface area contributed by atoms with Crippen molar-refractivity contribution in [1.29, 1.82) is 0 Å². The molecule has 0 aliphatic carbocycles. The Kier molecular flexibility index (Phi) is 4.38. The largest absolute Gasteiger partial charge is 0.472 e. The van der Waals surface area contributed by atoms with Gasteiger partial charge in [0.25, 0.3) is 5.91 Å². The Morgan fingerprint density at radius 3 is 2.67 bits per heavy atom. The van der Waals surface area contributed by atoms with E-state index in [0.717, 1.165) is 32.6 Å². The second-order valence-electron chi connectivity index (χ2n) is 4.64. The third-order valence-electron chi connectivity index (χ3n) is 3.63. The summed E-state index contributed by atoms with van der Waals surface area (Å²) in [6, 6.07) is 2.15. The number of amides is 1. The summed E-state index contributed by atoms with van der Waals surface area (Å²) in [5.41, 5.74) is 6.38. The van der Waals surface area contributed by atoms with Gasteiger partial charge in [-0.15, -0.1) is 0 Å². The lowest BCUT2D eigenvalue weighted by molar-refractivity contribution is 0.0571. The fourth-order valence-electron chi connectivity index (χ4n) is 2.43. The van der Waals surface area contributed by atoms with Gasteiger partial charge in [0.1, 0.15) is 6.26 Å². The maximum Gasteiger partial charge on any atom is 0.257 e. The van der Waals surface area contributed by atoms with Gasteiger partial charge < -0.3 is 15.1 Å². The summed E-state index contributed by atoms with van der Waals surface area (Å²) in [4.78, 5) is 16.4. The molecule has 1 atom stereocenters. The molecule has 18 heavy (non-hydrogen) atoms. The van der Waals surface area contributed by atoms with Crippen LogP contribution in [0.5, 0.6) is 0 Å². The Balaban J connectivity index is 1.89. The number of hydrogen-bond donors (Lipinski definition) is 1. The van der Waals surface area contributed by atoms with Crippen LogP contribution in [0.25, 0.3) is 0 Å².